The largest absolute Gasteiger partial charge is 0.482 e. The van der Waals surface area contributed by atoms with Crippen molar-refractivity contribution in [3.63, 3.8) is 0 Å². The first kappa shape index (κ1) is 20.6. The molecule has 1 aliphatic heterocycles. The Morgan fingerprint density at radius 3 is 2.72 bits per heavy atom. The van der Waals surface area contributed by atoms with Crippen LogP contribution in [0.25, 0.3) is 0 Å². The van der Waals surface area contributed by atoms with Crippen molar-refractivity contribution < 1.29 is 32.6 Å². The molecule has 0 saturated heterocycles. The quantitative estimate of drug-likeness (QED) is 0.741. The summed E-state index contributed by atoms with van der Waals surface area (Å²) in [5, 5.41) is 12.6. The van der Waals surface area contributed by atoms with Crippen LogP contribution in [0, 0.1) is 0 Å². The predicted molar refractivity (Wildman–Crippen MR) is 95.1 cm³/mol. The van der Waals surface area contributed by atoms with E-state index in [1.165, 1.54) is 18.1 Å². The molecule has 1 aromatic carbocycles. The third-order valence-electron chi connectivity index (χ3n) is 4.58. The average Bonchev–Trinajstić information content (AvgIpc) is 3.09. The molecule has 1 aromatic heterocycles. The summed E-state index contributed by atoms with van der Waals surface area (Å²) in [6, 6.07) is 6.62. The van der Waals surface area contributed by atoms with E-state index in [1.54, 1.807) is 24.3 Å². The van der Waals surface area contributed by atoms with Gasteiger partial charge in [0.15, 0.2) is 6.61 Å². The molecule has 1 aliphatic rings. The molecule has 29 heavy (non-hydrogen) atoms. The number of nitrogens with zero attached hydrogens (tertiary/aromatic N) is 3. The molecule has 2 amide bonds. The number of alkyl halides is 3. The summed E-state index contributed by atoms with van der Waals surface area (Å²) in [6.07, 6.45) is -3.39. The van der Waals surface area contributed by atoms with Crippen molar-refractivity contribution in [1.29, 1.82) is 0 Å². The number of hydrogen-bond acceptors (Lipinski definition) is 5. The van der Waals surface area contributed by atoms with Gasteiger partial charge >= 0.3 is 6.18 Å². The fraction of sp³-hybridized carbons (Fsp3) is 0.389. The number of imidazole rings is 1. The highest BCUT2D eigenvalue weighted by Gasteiger charge is 2.57. The molecular formula is C18H19F3N4O4. The Hall–Kier alpha value is -3.08. The van der Waals surface area contributed by atoms with Crippen LogP contribution in [0.15, 0.2) is 36.7 Å². The highest BCUT2D eigenvalue weighted by atomic mass is 19.4. The van der Waals surface area contributed by atoms with Crippen molar-refractivity contribution in [1.82, 2.24) is 14.9 Å². The van der Waals surface area contributed by atoms with Gasteiger partial charge < -0.3 is 19.7 Å². The number of carbonyl (C=O) groups excluding carboxylic acids is 2. The molecule has 11 heteroatoms. The van der Waals surface area contributed by atoms with E-state index in [0.717, 1.165) is 10.8 Å². The lowest BCUT2D eigenvalue weighted by Gasteiger charge is -2.30. The van der Waals surface area contributed by atoms with Crippen molar-refractivity contribution in [2.24, 2.45) is 7.05 Å². The molecule has 0 radical (unpaired) electrons. The van der Waals surface area contributed by atoms with E-state index in [0.29, 0.717) is 11.4 Å². The highest BCUT2D eigenvalue weighted by Crippen LogP contribution is 2.40. The molecule has 2 heterocycles. The molecular weight excluding hydrogens is 393 g/mol. The number of aliphatic hydroxyl groups is 1. The Morgan fingerprint density at radius 1 is 1.34 bits per heavy atom. The van der Waals surface area contributed by atoms with Crippen LogP contribution in [-0.4, -0.2) is 52.3 Å². The minimum Gasteiger partial charge on any atom is -0.482 e. The fourth-order valence-corrected chi connectivity index (χ4v) is 3.05. The molecule has 0 fully saturated rings. The summed E-state index contributed by atoms with van der Waals surface area (Å²) in [7, 11) is 1.33. The Balaban J connectivity index is 1.65. The van der Waals surface area contributed by atoms with Crippen molar-refractivity contribution in [3.05, 3.63) is 42.5 Å². The standard InChI is InChI=1S/C18H19F3N4O4/c1-24-9-8-23-16(24)17(28,18(19,20)21)6-7-22-14(26)10-25-12-4-2-3-5-13(12)29-11-15(25)27/h2-5,8-9,28H,6-7,10-11H2,1H3,(H,22,26). The maximum atomic E-state index is 13.5. The maximum absolute atomic E-state index is 13.5. The first-order valence-electron chi connectivity index (χ1n) is 8.69. The molecule has 156 valence electrons. The normalized spacial score (nSPS) is 16.0. The van der Waals surface area contributed by atoms with E-state index in [9.17, 15) is 27.9 Å². The number of aryl methyl sites for hydroxylation is 1. The first-order valence-corrected chi connectivity index (χ1v) is 8.69. The average molecular weight is 412 g/mol. The summed E-state index contributed by atoms with van der Waals surface area (Å²) < 4.78 is 46.8. The van der Waals surface area contributed by atoms with Gasteiger partial charge in [0.1, 0.15) is 18.1 Å². The van der Waals surface area contributed by atoms with E-state index < -0.39 is 42.4 Å². The summed E-state index contributed by atoms with van der Waals surface area (Å²) in [5.41, 5.74) is -2.82. The van der Waals surface area contributed by atoms with Crippen LogP contribution in [0.4, 0.5) is 18.9 Å². The van der Waals surface area contributed by atoms with Crippen molar-refractivity contribution >= 4 is 17.5 Å². The number of anilines is 1. The summed E-state index contributed by atoms with van der Waals surface area (Å²) in [6.45, 7) is -1.09. The second-order valence-electron chi connectivity index (χ2n) is 6.56. The van der Waals surface area contributed by atoms with Gasteiger partial charge in [-0.25, -0.2) is 4.98 Å². The van der Waals surface area contributed by atoms with Gasteiger partial charge in [-0.3, -0.25) is 14.5 Å². The van der Waals surface area contributed by atoms with Gasteiger partial charge in [-0.1, -0.05) is 12.1 Å². The van der Waals surface area contributed by atoms with Gasteiger partial charge in [0.2, 0.25) is 11.5 Å². The molecule has 0 saturated carbocycles. The Morgan fingerprint density at radius 2 is 2.07 bits per heavy atom. The zero-order valence-corrected chi connectivity index (χ0v) is 15.4. The SMILES string of the molecule is Cn1ccnc1C(O)(CCNC(=O)CN1C(=O)COc2ccccc21)C(F)(F)F. The van der Waals surface area contributed by atoms with Crippen LogP contribution in [0.1, 0.15) is 12.2 Å². The lowest BCUT2D eigenvalue weighted by molar-refractivity contribution is -0.272. The molecule has 3 rings (SSSR count). The number of aromatic nitrogens is 2. The van der Waals surface area contributed by atoms with E-state index in [-0.39, 0.29) is 13.2 Å². The molecule has 2 aromatic rings. The third kappa shape index (κ3) is 4.04. The summed E-state index contributed by atoms with van der Waals surface area (Å²) >= 11 is 0. The molecule has 0 spiro atoms. The second-order valence-corrected chi connectivity index (χ2v) is 6.56. The van der Waals surface area contributed by atoms with Crippen molar-refractivity contribution in [3.8, 4) is 5.75 Å². The number of hydrogen-bond donors (Lipinski definition) is 2. The first-order chi connectivity index (χ1) is 13.6. The molecule has 2 N–H and O–H groups in total. The highest BCUT2D eigenvalue weighted by molar-refractivity contribution is 6.02. The molecule has 8 nitrogen and oxygen atoms in total. The van der Waals surface area contributed by atoms with Gasteiger partial charge in [-0.2, -0.15) is 13.2 Å². The van der Waals surface area contributed by atoms with Crippen LogP contribution in [0.2, 0.25) is 0 Å². The van der Waals surface area contributed by atoms with Crippen molar-refractivity contribution in [2.45, 2.75) is 18.2 Å². The minimum absolute atomic E-state index is 0.239. The van der Waals surface area contributed by atoms with Gasteiger partial charge in [0, 0.05) is 32.4 Å². The molecule has 0 bridgehead atoms. The Bertz CT molecular complexity index is 915. The number of benzene rings is 1. The topological polar surface area (TPSA) is 96.7 Å². The van der Waals surface area contributed by atoms with E-state index in [4.69, 9.17) is 4.74 Å². The zero-order chi connectivity index (χ0) is 21.2. The molecule has 1 atom stereocenters. The predicted octanol–water partition coefficient (Wildman–Crippen LogP) is 1.10. The van der Waals surface area contributed by atoms with E-state index in [1.807, 2.05) is 0 Å². The van der Waals surface area contributed by atoms with Gasteiger partial charge in [-0.15, -0.1) is 0 Å². The van der Waals surface area contributed by atoms with Crippen molar-refractivity contribution in [2.75, 3.05) is 24.6 Å². The zero-order valence-electron chi connectivity index (χ0n) is 15.4. The number of para-hydroxylation sites is 2. The monoisotopic (exact) mass is 412 g/mol. The fourth-order valence-electron chi connectivity index (χ4n) is 3.05. The number of fused-ring (bicyclic) bond motifs is 1. The van der Waals surface area contributed by atoms with Crippen LogP contribution in [0.3, 0.4) is 0 Å². The van der Waals surface area contributed by atoms with E-state index in [2.05, 4.69) is 10.3 Å². The van der Waals surface area contributed by atoms with Gasteiger partial charge in [0.25, 0.3) is 5.91 Å². The number of nitrogens with one attached hydrogen (secondary N) is 1. The van der Waals surface area contributed by atoms with E-state index >= 15 is 0 Å². The lowest BCUT2D eigenvalue weighted by atomic mass is 9.97. The number of rotatable bonds is 6. The van der Waals surface area contributed by atoms with Crippen LogP contribution in [-0.2, 0) is 22.2 Å². The minimum atomic E-state index is -4.99. The molecule has 1 unspecified atom stereocenters. The number of amides is 2. The summed E-state index contributed by atoms with van der Waals surface area (Å²) in [5.74, 6) is -1.25. The van der Waals surface area contributed by atoms with Gasteiger partial charge in [-0.05, 0) is 12.1 Å². The second kappa shape index (κ2) is 7.74. The number of carbonyl (C=O) groups is 2. The van der Waals surface area contributed by atoms with Gasteiger partial charge in [0.05, 0.1) is 5.69 Å². The Labute approximate surface area is 163 Å². The van der Waals surface area contributed by atoms with Crippen LogP contribution < -0.4 is 15.0 Å². The maximum Gasteiger partial charge on any atom is 0.424 e. The third-order valence-corrected chi connectivity index (χ3v) is 4.58. The van der Waals surface area contributed by atoms with Crippen LogP contribution >= 0.6 is 0 Å². The molecule has 0 aliphatic carbocycles. The summed E-state index contributed by atoms with van der Waals surface area (Å²) in [4.78, 5) is 29.1. The number of halogens is 3. The number of ether oxygens (including phenoxy) is 1. The smallest absolute Gasteiger partial charge is 0.424 e. The lowest BCUT2D eigenvalue weighted by Crippen LogP contribution is -2.48. The van der Waals surface area contributed by atoms with Crippen LogP contribution in [0.5, 0.6) is 5.75 Å². The Kier molecular flexibility index (Phi) is 5.51.